The van der Waals surface area contributed by atoms with Crippen LogP contribution in [0.5, 0.6) is 0 Å². The third kappa shape index (κ3) is 4.40. The molecule has 1 fully saturated rings. The Balaban J connectivity index is 1.95. The van der Waals surface area contributed by atoms with Crippen molar-refractivity contribution in [2.75, 3.05) is 26.3 Å². The second-order valence-electron chi connectivity index (χ2n) is 4.89. The van der Waals surface area contributed by atoms with Crippen LogP contribution in [0.15, 0.2) is 0 Å². The first-order valence-electron chi connectivity index (χ1n) is 5.62. The van der Waals surface area contributed by atoms with Crippen LogP contribution in [0.1, 0.15) is 32.6 Å². The third-order valence-electron chi connectivity index (χ3n) is 2.98. The minimum Gasteiger partial charge on any atom is -0.396 e. The summed E-state index contributed by atoms with van der Waals surface area (Å²) in [7, 11) is 0. The molecule has 0 heterocycles. The SMILES string of the molecule is CC(CO)(CO)CNCCCC1CC1. The van der Waals surface area contributed by atoms with Crippen molar-refractivity contribution in [1.82, 2.24) is 5.32 Å². The standard InChI is InChI=1S/C11H23NO2/c1-11(8-13,9-14)7-12-6-2-3-10-4-5-10/h10,12-14H,2-9H2,1H3. The van der Waals surface area contributed by atoms with Gasteiger partial charge in [-0.15, -0.1) is 0 Å². The Bertz CT molecular complexity index is 153. The summed E-state index contributed by atoms with van der Waals surface area (Å²) in [5, 5.41) is 21.4. The van der Waals surface area contributed by atoms with E-state index in [0.29, 0.717) is 6.54 Å². The molecule has 0 aromatic rings. The van der Waals surface area contributed by atoms with E-state index in [4.69, 9.17) is 10.2 Å². The van der Waals surface area contributed by atoms with Gasteiger partial charge >= 0.3 is 0 Å². The van der Waals surface area contributed by atoms with Crippen LogP contribution in [0, 0.1) is 11.3 Å². The normalized spacial score (nSPS) is 17.4. The summed E-state index contributed by atoms with van der Waals surface area (Å²) in [5.74, 6) is 0.999. The molecule has 3 nitrogen and oxygen atoms in total. The van der Waals surface area contributed by atoms with Crippen molar-refractivity contribution < 1.29 is 10.2 Å². The van der Waals surface area contributed by atoms with Crippen molar-refractivity contribution in [2.45, 2.75) is 32.6 Å². The Labute approximate surface area is 86.5 Å². The van der Waals surface area contributed by atoms with Gasteiger partial charge in [0.2, 0.25) is 0 Å². The molecule has 1 aliphatic carbocycles. The molecule has 0 amide bonds. The van der Waals surface area contributed by atoms with Gasteiger partial charge in [0.25, 0.3) is 0 Å². The molecule has 1 rings (SSSR count). The Kier molecular flexibility index (Phi) is 4.85. The van der Waals surface area contributed by atoms with Crippen LogP contribution in [0.25, 0.3) is 0 Å². The molecule has 0 unspecified atom stereocenters. The van der Waals surface area contributed by atoms with E-state index in [0.717, 1.165) is 12.5 Å². The van der Waals surface area contributed by atoms with E-state index in [2.05, 4.69) is 5.32 Å². The Morgan fingerprint density at radius 2 is 1.93 bits per heavy atom. The van der Waals surface area contributed by atoms with Gasteiger partial charge in [0.05, 0.1) is 13.2 Å². The summed E-state index contributed by atoms with van der Waals surface area (Å²) in [6.45, 7) is 3.68. The van der Waals surface area contributed by atoms with Crippen molar-refractivity contribution in [3.8, 4) is 0 Å². The number of aliphatic hydroxyl groups excluding tert-OH is 2. The van der Waals surface area contributed by atoms with Gasteiger partial charge in [0.1, 0.15) is 0 Å². The molecule has 0 aliphatic heterocycles. The minimum atomic E-state index is -0.362. The largest absolute Gasteiger partial charge is 0.396 e. The third-order valence-corrected chi connectivity index (χ3v) is 2.98. The van der Waals surface area contributed by atoms with Crippen LogP contribution >= 0.6 is 0 Å². The summed E-state index contributed by atoms with van der Waals surface area (Å²) >= 11 is 0. The number of aliphatic hydroxyl groups is 2. The van der Waals surface area contributed by atoms with E-state index in [1.54, 1.807) is 0 Å². The molecular formula is C11H23NO2. The Hall–Kier alpha value is -0.120. The van der Waals surface area contributed by atoms with E-state index in [9.17, 15) is 0 Å². The molecule has 0 radical (unpaired) electrons. The summed E-state index contributed by atoms with van der Waals surface area (Å²) in [5.41, 5.74) is -0.362. The topological polar surface area (TPSA) is 52.5 Å². The molecule has 3 heteroatoms. The average molecular weight is 201 g/mol. The molecule has 0 aromatic carbocycles. The molecule has 0 bridgehead atoms. The fourth-order valence-corrected chi connectivity index (χ4v) is 1.47. The maximum Gasteiger partial charge on any atom is 0.0518 e. The van der Waals surface area contributed by atoms with Crippen LogP contribution in [-0.4, -0.2) is 36.5 Å². The van der Waals surface area contributed by atoms with Gasteiger partial charge in [-0.3, -0.25) is 0 Å². The van der Waals surface area contributed by atoms with Gasteiger partial charge in [-0.1, -0.05) is 19.8 Å². The van der Waals surface area contributed by atoms with Gasteiger partial charge in [-0.05, 0) is 25.3 Å². The Morgan fingerprint density at radius 3 is 2.43 bits per heavy atom. The highest BCUT2D eigenvalue weighted by atomic mass is 16.3. The first kappa shape index (κ1) is 12.0. The first-order chi connectivity index (χ1) is 6.70. The molecule has 0 spiro atoms. The molecule has 84 valence electrons. The molecule has 0 atom stereocenters. The lowest BCUT2D eigenvalue weighted by atomic mass is 9.93. The van der Waals surface area contributed by atoms with E-state index in [1.807, 2.05) is 6.92 Å². The van der Waals surface area contributed by atoms with Gasteiger partial charge in [0, 0.05) is 12.0 Å². The van der Waals surface area contributed by atoms with Gasteiger partial charge < -0.3 is 15.5 Å². The van der Waals surface area contributed by atoms with Crippen LogP contribution in [-0.2, 0) is 0 Å². The fraction of sp³-hybridized carbons (Fsp3) is 1.00. The van der Waals surface area contributed by atoms with Gasteiger partial charge in [-0.25, -0.2) is 0 Å². The maximum absolute atomic E-state index is 9.04. The van der Waals surface area contributed by atoms with Crippen molar-refractivity contribution in [1.29, 1.82) is 0 Å². The quantitative estimate of drug-likeness (QED) is 0.508. The number of rotatable bonds is 8. The van der Waals surface area contributed by atoms with Gasteiger partial charge in [-0.2, -0.15) is 0 Å². The second kappa shape index (κ2) is 5.69. The molecule has 0 saturated heterocycles. The van der Waals surface area contributed by atoms with Crippen LogP contribution < -0.4 is 5.32 Å². The lowest BCUT2D eigenvalue weighted by molar-refractivity contribution is 0.0698. The van der Waals surface area contributed by atoms with Crippen LogP contribution in [0.2, 0.25) is 0 Å². The van der Waals surface area contributed by atoms with E-state index < -0.39 is 0 Å². The number of hydrogen-bond acceptors (Lipinski definition) is 3. The van der Waals surface area contributed by atoms with Gasteiger partial charge in [0.15, 0.2) is 0 Å². The molecular weight excluding hydrogens is 178 g/mol. The lowest BCUT2D eigenvalue weighted by Crippen LogP contribution is -2.38. The predicted octanol–water partition coefficient (Wildman–Crippen LogP) is 0.757. The smallest absolute Gasteiger partial charge is 0.0518 e. The number of hydrogen-bond donors (Lipinski definition) is 3. The van der Waals surface area contributed by atoms with Crippen molar-refractivity contribution in [3.05, 3.63) is 0 Å². The van der Waals surface area contributed by atoms with Crippen molar-refractivity contribution in [2.24, 2.45) is 11.3 Å². The fourth-order valence-electron chi connectivity index (χ4n) is 1.47. The predicted molar refractivity (Wildman–Crippen MR) is 57.1 cm³/mol. The zero-order chi connectivity index (χ0) is 10.4. The molecule has 14 heavy (non-hydrogen) atoms. The molecule has 3 N–H and O–H groups in total. The molecule has 1 saturated carbocycles. The summed E-state index contributed by atoms with van der Waals surface area (Å²) in [4.78, 5) is 0. The average Bonchev–Trinajstić information content (AvgIpc) is 3.01. The summed E-state index contributed by atoms with van der Waals surface area (Å²) < 4.78 is 0. The summed E-state index contributed by atoms with van der Waals surface area (Å²) in [6, 6.07) is 0. The molecule has 1 aliphatic rings. The van der Waals surface area contributed by atoms with E-state index in [1.165, 1.54) is 25.7 Å². The van der Waals surface area contributed by atoms with E-state index in [-0.39, 0.29) is 18.6 Å². The highest BCUT2D eigenvalue weighted by Gasteiger charge is 2.22. The number of nitrogens with one attached hydrogen (secondary N) is 1. The minimum absolute atomic E-state index is 0.0408. The Morgan fingerprint density at radius 1 is 1.29 bits per heavy atom. The highest BCUT2D eigenvalue weighted by molar-refractivity contribution is 4.76. The highest BCUT2D eigenvalue weighted by Crippen LogP contribution is 2.33. The van der Waals surface area contributed by atoms with Crippen molar-refractivity contribution in [3.63, 3.8) is 0 Å². The second-order valence-corrected chi connectivity index (χ2v) is 4.89. The maximum atomic E-state index is 9.04. The van der Waals surface area contributed by atoms with Crippen LogP contribution in [0.4, 0.5) is 0 Å². The summed E-state index contributed by atoms with van der Waals surface area (Å²) in [6.07, 6.45) is 5.40. The zero-order valence-corrected chi connectivity index (χ0v) is 9.13. The lowest BCUT2D eigenvalue weighted by Gasteiger charge is -2.24. The van der Waals surface area contributed by atoms with Crippen molar-refractivity contribution >= 4 is 0 Å². The van der Waals surface area contributed by atoms with E-state index >= 15 is 0 Å². The molecule has 0 aromatic heterocycles. The first-order valence-corrected chi connectivity index (χ1v) is 5.62. The van der Waals surface area contributed by atoms with Crippen LogP contribution in [0.3, 0.4) is 0 Å². The monoisotopic (exact) mass is 201 g/mol. The zero-order valence-electron chi connectivity index (χ0n) is 9.13.